The summed E-state index contributed by atoms with van der Waals surface area (Å²) in [6.45, 7) is 0.0842. The van der Waals surface area contributed by atoms with Gasteiger partial charge in [0.2, 0.25) is 0 Å². The molecule has 2 aromatic carbocycles. The van der Waals surface area contributed by atoms with Crippen molar-refractivity contribution >= 4 is 62.2 Å². The van der Waals surface area contributed by atoms with Gasteiger partial charge in [-0.05, 0) is 57.5 Å². The van der Waals surface area contributed by atoms with Crippen LogP contribution in [0.1, 0.15) is 11.3 Å². The van der Waals surface area contributed by atoms with Crippen molar-refractivity contribution in [2.24, 2.45) is 0 Å². The summed E-state index contributed by atoms with van der Waals surface area (Å²) in [7, 11) is 0. The molecule has 3 aromatic rings. The molecule has 0 N–H and O–H groups in total. The number of benzene rings is 2. The SMILES string of the molecule is O=C1S/C(=C/c2ccc(-c3ccc([N+](=O)[O-])cc3Br)o2)C(=O)N1Cc1ccccc1Cl. The third-order valence-electron chi connectivity index (χ3n) is 4.49. The number of imide groups is 1. The molecule has 0 spiro atoms. The molecule has 1 saturated heterocycles. The summed E-state index contributed by atoms with van der Waals surface area (Å²) in [5.74, 6) is 0.413. The maximum absolute atomic E-state index is 12.7. The largest absolute Gasteiger partial charge is 0.457 e. The fraction of sp³-hybridized carbons (Fsp3) is 0.0476. The van der Waals surface area contributed by atoms with Crippen LogP contribution in [0, 0.1) is 10.1 Å². The van der Waals surface area contributed by atoms with E-state index in [0.29, 0.717) is 32.1 Å². The van der Waals surface area contributed by atoms with Crippen molar-refractivity contribution in [3.8, 4) is 11.3 Å². The number of amides is 2. The number of carbonyl (C=O) groups is 2. The summed E-state index contributed by atoms with van der Waals surface area (Å²) in [4.78, 5) is 36.9. The molecule has 1 aromatic heterocycles. The number of hydrogen-bond donors (Lipinski definition) is 0. The minimum absolute atomic E-state index is 0.0467. The first-order chi connectivity index (χ1) is 14.8. The highest BCUT2D eigenvalue weighted by atomic mass is 79.9. The highest BCUT2D eigenvalue weighted by Crippen LogP contribution is 2.36. The van der Waals surface area contributed by atoms with E-state index in [2.05, 4.69) is 15.9 Å². The van der Waals surface area contributed by atoms with Gasteiger partial charge in [0, 0.05) is 33.3 Å². The zero-order valence-corrected chi connectivity index (χ0v) is 18.7. The molecule has 0 unspecified atom stereocenters. The molecule has 2 heterocycles. The fourth-order valence-electron chi connectivity index (χ4n) is 2.96. The molecular formula is C21H12BrClN2O5S. The maximum Gasteiger partial charge on any atom is 0.293 e. The number of rotatable bonds is 5. The van der Waals surface area contributed by atoms with Crippen molar-refractivity contribution in [1.29, 1.82) is 0 Å². The Morgan fingerprint density at radius 3 is 2.65 bits per heavy atom. The molecule has 2 amide bonds. The molecule has 31 heavy (non-hydrogen) atoms. The van der Waals surface area contributed by atoms with Gasteiger partial charge < -0.3 is 4.42 Å². The first-order valence-corrected chi connectivity index (χ1v) is 10.8. The number of non-ortho nitro benzene ring substituents is 1. The molecule has 1 aliphatic rings. The lowest BCUT2D eigenvalue weighted by Crippen LogP contribution is -2.27. The van der Waals surface area contributed by atoms with Crippen LogP contribution < -0.4 is 0 Å². The molecule has 0 aliphatic carbocycles. The van der Waals surface area contributed by atoms with Crippen LogP contribution in [0.2, 0.25) is 5.02 Å². The van der Waals surface area contributed by atoms with Crippen molar-refractivity contribution in [2.75, 3.05) is 0 Å². The van der Waals surface area contributed by atoms with Crippen LogP contribution >= 0.6 is 39.3 Å². The van der Waals surface area contributed by atoms with Crippen LogP contribution in [0.5, 0.6) is 0 Å². The molecule has 0 bridgehead atoms. The van der Waals surface area contributed by atoms with E-state index in [1.807, 2.05) is 0 Å². The minimum Gasteiger partial charge on any atom is -0.457 e. The van der Waals surface area contributed by atoms with Crippen LogP contribution in [0.4, 0.5) is 10.5 Å². The van der Waals surface area contributed by atoms with E-state index in [1.54, 1.807) is 42.5 Å². The second-order valence-corrected chi connectivity index (χ2v) is 8.74. The number of thioether (sulfide) groups is 1. The van der Waals surface area contributed by atoms with Gasteiger partial charge in [-0.15, -0.1) is 0 Å². The van der Waals surface area contributed by atoms with E-state index < -0.39 is 10.8 Å². The van der Waals surface area contributed by atoms with Gasteiger partial charge in [0.05, 0.1) is 16.4 Å². The van der Waals surface area contributed by atoms with E-state index in [4.69, 9.17) is 16.0 Å². The number of carbonyl (C=O) groups excluding carboxylic acids is 2. The van der Waals surface area contributed by atoms with E-state index >= 15 is 0 Å². The second-order valence-electron chi connectivity index (χ2n) is 6.48. The van der Waals surface area contributed by atoms with Crippen LogP contribution in [-0.4, -0.2) is 21.0 Å². The molecule has 1 aliphatic heterocycles. The number of nitrogens with zero attached hydrogens (tertiary/aromatic N) is 2. The predicted octanol–water partition coefficient (Wildman–Crippen LogP) is 6.51. The highest BCUT2D eigenvalue weighted by Gasteiger charge is 2.35. The normalized spacial score (nSPS) is 15.2. The Bertz CT molecular complexity index is 1260. The lowest BCUT2D eigenvalue weighted by molar-refractivity contribution is -0.384. The number of nitro benzene ring substituents is 1. The van der Waals surface area contributed by atoms with Gasteiger partial charge in [-0.1, -0.05) is 29.8 Å². The van der Waals surface area contributed by atoms with Crippen molar-refractivity contribution < 1.29 is 18.9 Å². The molecule has 0 atom stereocenters. The Morgan fingerprint density at radius 2 is 1.94 bits per heavy atom. The van der Waals surface area contributed by atoms with Crippen LogP contribution in [-0.2, 0) is 11.3 Å². The summed E-state index contributed by atoms with van der Waals surface area (Å²) in [5.41, 5.74) is 1.25. The van der Waals surface area contributed by atoms with E-state index in [-0.39, 0.29) is 22.4 Å². The zero-order valence-electron chi connectivity index (χ0n) is 15.6. The standard InChI is InChI=1S/C21H12BrClN2O5S/c22-16-9-13(25(28)29)5-7-15(16)18-8-6-14(30-18)10-19-20(26)24(21(27)31-19)11-12-3-1-2-4-17(12)23/h1-10H,11H2/b19-10+. The number of furan rings is 1. The molecule has 0 radical (unpaired) electrons. The van der Waals surface area contributed by atoms with Crippen LogP contribution in [0.3, 0.4) is 0 Å². The van der Waals surface area contributed by atoms with Gasteiger partial charge in [-0.25, -0.2) is 0 Å². The van der Waals surface area contributed by atoms with Gasteiger partial charge in [-0.2, -0.15) is 0 Å². The molecule has 0 saturated carbocycles. The Balaban J connectivity index is 1.56. The maximum atomic E-state index is 12.7. The monoisotopic (exact) mass is 518 g/mol. The Hall–Kier alpha value is -2.88. The summed E-state index contributed by atoms with van der Waals surface area (Å²) in [6, 6.07) is 14.7. The van der Waals surface area contributed by atoms with Gasteiger partial charge in [0.15, 0.2) is 0 Å². The summed E-state index contributed by atoms with van der Waals surface area (Å²) >= 11 is 10.3. The number of nitro groups is 1. The van der Waals surface area contributed by atoms with Crippen LogP contribution in [0.15, 0.2) is 68.4 Å². The van der Waals surface area contributed by atoms with E-state index in [0.717, 1.165) is 16.7 Å². The van der Waals surface area contributed by atoms with Crippen molar-refractivity contribution in [1.82, 2.24) is 4.90 Å². The van der Waals surface area contributed by atoms with Crippen molar-refractivity contribution in [3.05, 3.63) is 90.4 Å². The third-order valence-corrected chi connectivity index (χ3v) is 6.42. The van der Waals surface area contributed by atoms with Gasteiger partial charge in [0.1, 0.15) is 11.5 Å². The third kappa shape index (κ3) is 4.43. The zero-order chi connectivity index (χ0) is 22.1. The van der Waals surface area contributed by atoms with E-state index in [1.165, 1.54) is 18.2 Å². The average Bonchev–Trinajstić information content (AvgIpc) is 3.29. The lowest BCUT2D eigenvalue weighted by Gasteiger charge is -2.13. The quantitative estimate of drug-likeness (QED) is 0.217. The molecule has 10 heteroatoms. The molecule has 7 nitrogen and oxygen atoms in total. The minimum atomic E-state index is -0.485. The molecule has 1 fully saturated rings. The van der Waals surface area contributed by atoms with Crippen molar-refractivity contribution in [2.45, 2.75) is 6.54 Å². The molecule has 156 valence electrons. The predicted molar refractivity (Wildman–Crippen MR) is 121 cm³/mol. The first-order valence-electron chi connectivity index (χ1n) is 8.86. The fourth-order valence-corrected chi connectivity index (χ4v) is 4.53. The van der Waals surface area contributed by atoms with Crippen LogP contribution in [0.25, 0.3) is 17.4 Å². The smallest absolute Gasteiger partial charge is 0.293 e. The Labute approximate surface area is 193 Å². The number of hydrogen-bond acceptors (Lipinski definition) is 6. The lowest BCUT2D eigenvalue weighted by atomic mass is 10.1. The average molecular weight is 520 g/mol. The van der Waals surface area contributed by atoms with Gasteiger partial charge in [0.25, 0.3) is 16.8 Å². The van der Waals surface area contributed by atoms with E-state index in [9.17, 15) is 19.7 Å². The Kier molecular flexibility index (Phi) is 5.99. The van der Waals surface area contributed by atoms with Gasteiger partial charge in [-0.3, -0.25) is 24.6 Å². The van der Waals surface area contributed by atoms with Crippen molar-refractivity contribution in [3.63, 3.8) is 0 Å². The van der Waals surface area contributed by atoms with Gasteiger partial charge >= 0.3 is 0 Å². The summed E-state index contributed by atoms with van der Waals surface area (Å²) in [6.07, 6.45) is 1.50. The number of halogens is 2. The topological polar surface area (TPSA) is 93.7 Å². The second kappa shape index (κ2) is 8.70. The molecular weight excluding hydrogens is 508 g/mol. The first kappa shape index (κ1) is 21.4. The molecule has 4 rings (SSSR count). The highest BCUT2D eigenvalue weighted by molar-refractivity contribution is 9.10. The summed E-state index contributed by atoms with van der Waals surface area (Å²) in [5, 5.41) is 11.0. The summed E-state index contributed by atoms with van der Waals surface area (Å²) < 4.78 is 6.28. The Morgan fingerprint density at radius 1 is 1.16 bits per heavy atom.